The molecule has 0 bridgehead atoms. The number of carbonyl (C=O) groups excluding carboxylic acids is 1. The standard InChI is InChI=1S/C29H27NO6/c1-29(2,3)36-22-13-11-18(12-14-22)15-24(27(32)33)30-26(31)21-9-6-8-19(16-21)23-17-20-7-4-5-10-25(20)35-28(23)34/h4-14,16-17,24H,15H2,1-3H3,(H,30,31)(H,32,33)/t24-/m0/s1. The molecule has 0 spiro atoms. The van der Waals surface area contributed by atoms with E-state index in [4.69, 9.17) is 9.15 Å². The number of rotatable bonds is 7. The lowest BCUT2D eigenvalue weighted by atomic mass is 10.0. The maximum Gasteiger partial charge on any atom is 0.344 e. The van der Waals surface area contributed by atoms with Gasteiger partial charge < -0.3 is 19.6 Å². The van der Waals surface area contributed by atoms with Gasteiger partial charge in [0, 0.05) is 17.4 Å². The fourth-order valence-electron chi connectivity index (χ4n) is 3.82. The predicted molar refractivity (Wildman–Crippen MR) is 137 cm³/mol. The Hall–Kier alpha value is -4.39. The summed E-state index contributed by atoms with van der Waals surface area (Å²) in [5, 5.41) is 13.1. The first-order valence-electron chi connectivity index (χ1n) is 11.5. The number of benzene rings is 3. The zero-order valence-electron chi connectivity index (χ0n) is 20.3. The summed E-state index contributed by atoms with van der Waals surface area (Å²) in [7, 11) is 0. The zero-order valence-corrected chi connectivity index (χ0v) is 20.3. The van der Waals surface area contributed by atoms with Crippen LogP contribution in [-0.4, -0.2) is 28.6 Å². The number of carbonyl (C=O) groups is 2. The minimum atomic E-state index is -1.15. The predicted octanol–water partition coefficient (Wildman–Crippen LogP) is 5.06. The van der Waals surface area contributed by atoms with Crippen LogP contribution in [0.5, 0.6) is 5.75 Å². The van der Waals surface area contributed by atoms with E-state index in [-0.39, 0.29) is 17.6 Å². The fraction of sp³-hybridized carbons (Fsp3) is 0.207. The van der Waals surface area contributed by atoms with Gasteiger partial charge in [0.15, 0.2) is 0 Å². The van der Waals surface area contributed by atoms with Crippen LogP contribution in [0.2, 0.25) is 0 Å². The molecule has 0 unspecified atom stereocenters. The average Bonchev–Trinajstić information content (AvgIpc) is 2.83. The van der Waals surface area contributed by atoms with Gasteiger partial charge in [0.1, 0.15) is 23.0 Å². The highest BCUT2D eigenvalue weighted by atomic mass is 16.5. The molecule has 0 saturated heterocycles. The lowest BCUT2D eigenvalue weighted by Crippen LogP contribution is -2.42. The van der Waals surface area contributed by atoms with E-state index in [0.29, 0.717) is 22.5 Å². The van der Waals surface area contributed by atoms with Gasteiger partial charge in [-0.05, 0) is 68.3 Å². The van der Waals surface area contributed by atoms with Gasteiger partial charge in [0.2, 0.25) is 0 Å². The van der Waals surface area contributed by atoms with Crippen molar-refractivity contribution in [3.05, 3.63) is 100 Å². The summed E-state index contributed by atoms with van der Waals surface area (Å²) in [6.45, 7) is 5.83. The number of fused-ring (bicyclic) bond motifs is 1. The van der Waals surface area contributed by atoms with Crippen molar-refractivity contribution >= 4 is 22.8 Å². The number of carboxylic acid groups (broad SMARTS) is 1. The van der Waals surface area contributed by atoms with Gasteiger partial charge in [0.05, 0.1) is 5.56 Å². The monoisotopic (exact) mass is 485 g/mol. The van der Waals surface area contributed by atoms with Crippen molar-refractivity contribution in [1.82, 2.24) is 5.32 Å². The third-order valence-electron chi connectivity index (χ3n) is 5.47. The summed E-state index contributed by atoms with van der Waals surface area (Å²) < 4.78 is 11.2. The molecule has 36 heavy (non-hydrogen) atoms. The van der Waals surface area contributed by atoms with E-state index in [1.54, 1.807) is 66.7 Å². The van der Waals surface area contributed by atoms with Crippen molar-refractivity contribution in [2.75, 3.05) is 0 Å². The smallest absolute Gasteiger partial charge is 0.344 e. The number of hydrogen-bond donors (Lipinski definition) is 2. The normalized spacial score (nSPS) is 12.2. The van der Waals surface area contributed by atoms with Crippen LogP contribution in [0.3, 0.4) is 0 Å². The quantitative estimate of drug-likeness (QED) is 0.354. The van der Waals surface area contributed by atoms with Crippen molar-refractivity contribution in [1.29, 1.82) is 0 Å². The average molecular weight is 486 g/mol. The second kappa shape index (κ2) is 10.1. The Labute approximate surface area is 208 Å². The van der Waals surface area contributed by atoms with Gasteiger partial charge in [-0.2, -0.15) is 0 Å². The summed E-state index contributed by atoms with van der Waals surface area (Å²) in [4.78, 5) is 37.4. The van der Waals surface area contributed by atoms with Gasteiger partial charge in [-0.25, -0.2) is 9.59 Å². The van der Waals surface area contributed by atoms with E-state index in [1.165, 1.54) is 0 Å². The molecule has 0 aliphatic carbocycles. The Morgan fingerprint density at radius 3 is 2.39 bits per heavy atom. The fourth-order valence-corrected chi connectivity index (χ4v) is 3.82. The Balaban J connectivity index is 1.52. The minimum Gasteiger partial charge on any atom is -0.488 e. The molecule has 7 nitrogen and oxygen atoms in total. The van der Waals surface area contributed by atoms with E-state index in [9.17, 15) is 19.5 Å². The van der Waals surface area contributed by atoms with Gasteiger partial charge in [-0.1, -0.05) is 42.5 Å². The summed E-state index contributed by atoms with van der Waals surface area (Å²) >= 11 is 0. The summed E-state index contributed by atoms with van der Waals surface area (Å²) in [6.07, 6.45) is 0.102. The molecule has 0 aliphatic heterocycles. The highest BCUT2D eigenvalue weighted by Crippen LogP contribution is 2.22. The van der Waals surface area contributed by atoms with Crippen molar-refractivity contribution in [2.45, 2.75) is 38.8 Å². The lowest BCUT2D eigenvalue weighted by molar-refractivity contribution is -0.139. The van der Waals surface area contributed by atoms with Crippen LogP contribution < -0.4 is 15.7 Å². The molecule has 7 heteroatoms. The molecule has 1 heterocycles. The third-order valence-corrected chi connectivity index (χ3v) is 5.47. The SMILES string of the molecule is CC(C)(C)Oc1ccc(C[C@H](NC(=O)c2cccc(-c3cc4ccccc4oc3=O)c2)C(=O)O)cc1. The molecule has 0 aliphatic rings. The molecule has 3 aromatic carbocycles. The van der Waals surface area contributed by atoms with Gasteiger partial charge in [-0.15, -0.1) is 0 Å². The van der Waals surface area contributed by atoms with Gasteiger partial charge >= 0.3 is 11.6 Å². The van der Waals surface area contributed by atoms with Crippen molar-refractivity contribution in [3.8, 4) is 16.9 Å². The van der Waals surface area contributed by atoms with Gasteiger partial charge in [0.25, 0.3) is 5.91 Å². The number of aliphatic carboxylic acids is 1. The number of carboxylic acids is 1. The summed E-state index contributed by atoms with van der Waals surface area (Å²) in [6, 6.07) is 21.3. The largest absolute Gasteiger partial charge is 0.488 e. The molecular weight excluding hydrogens is 458 g/mol. The van der Waals surface area contributed by atoms with Crippen LogP contribution in [0.1, 0.15) is 36.7 Å². The van der Waals surface area contributed by atoms with E-state index >= 15 is 0 Å². The molecule has 2 N–H and O–H groups in total. The highest BCUT2D eigenvalue weighted by Gasteiger charge is 2.22. The maximum atomic E-state index is 12.9. The van der Waals surface area contributed by atoms with Crippen LogP contribution in [0.25, 0.3) is 22.1 Å². The lowest BCUT2D eigenvalue weighted by Gasteiger charge is -2.21. The van der Waals surface area contributed by atoms with Crippen LogP contribution in [-0.2, 0) is 11.2 Å². The molecule has 0 fully saturated rings. The zero-order chi connectivity index (χ0) is 25.9. The minimum absolute atomic E-state index is 0.102. The van der Waals surface area contributed by atoms with Crippen LogP contribution >= 0.6 is 0 Å². The molecule has 0 saturated carbocycles. The van der Waals surface area contributed by atoms with Crippen molar-refractivity contribution in [2.24, 2.45) is 0 Å². The van der Waals surface area contributed by atoms with E-state index < -0.39 is 23.5 Å². The Kier molecular flexibility index (Phi) is 6.92. The number of para-hydroxylation sites is 1. The van der Waals surface area contributed by atoms with Crippen LogP contribution in [0, 0.1) is 0 Å². The topological polar surface area (TPSA) is 106 Å². The first-order valence-corrected chi connectivity index (χ1v) is 11.5. The molecule has 1 atom stereocenters. The second-order valence-corrected chi connectivity index (χ2v) is 9.49. The number of ether oxygens (including phenoxy) is 1. The van der Waals surface area contributed by atoms with E-state index in [2.05, 4.69) is 5.32 Å². The third kappa shape index (κ3) is 5.99. The second-order valence-electron chi connectivity index (χ2n) is 9.49. The Bertz CT molecular complexity index is 1460. The van der Waals surface area contributed by atoms with E-state index in [0.717, 1.165) is 10.9 Å². The number of hydrogen-bond acceptors (Lipinski definition) is 5. The molecule has 4 aromatic rings. The van der Waals surface area contributed by atoms with Crippen LogP contribution in [0.4, 0.5) is 0 Å². The summed E-state index contributed by atoms with van der Waals surface area (Å²) in [5.74, 6) is -1.02. The molecular formula is C29H27NO6. The van der Waals surface area contributed by atoms with Crippen molar-refractivity contribution in [3.63, 3.8) is 0 Å². The van der Waals surface area contributed by atoms with Gasteiger partial charge in [-0.3, -0.25) is 4.79 Å². The first kappa shape index (κ1) is 24.7. The highest BCUT2D eigenvalue weighted by molar-refractivity contribution is 5.97. The molecule has 184 valence electrons. The van der Waals surface area contributed by atoms with Crippen molar-refractivity contribution < 1.29 is 23.8 Å². The van der Waals surface area contributed by atoms with E-state index in [1.807, 2.05) is 32.9 Å². The Morgan fingerprint density at radius 2 is 1.69 bits per heavy atom. The molecule has 4 rings (SSSR count). The maximum absolute atomic E-state index is 12.9. The molecule has 1 amide bonds. The molecule has 0 radical (unpaired) electrons. The summed E-state index contributed by atoms with van der Waals surface area (Å²) in [5.41, 5.74) is 1.41. The number of amides is 1. The Morgan fingerprint density at radius 1 is 0.972 bits per heavy atom. The number of nitrogens with one attached hydrogen (secondary N) is 1. The first-order chi connectivity index (χ1) is 17.1. The van der Waals surface area contributed by atoms with Crippen LogP contribution in [0.15, 0.2) is 88.1 Å². The molecule has 1 aromatic heterocycles.